The normalized spacial score (nSPS) is 13.8. The van der Waals surface area contributed by atoms with Gasteiger partial charge in [0.1, 0.15) is 6.10 Å². The van der Waals surface area contributed by atoms with Crippen LogP contribution in [0.15, 0.2) is 24.3 Å². The highest BCUT2D eigenvalue weighted by atomic mass is 31.2. The molecular weight excluding hydrogens is 637 g/mol. The van der Waals surface area contributed by atoms with Crippen LogP contribution in [0.3, 0.4) is 0 Å². The molecule has 0 fully saturated rings. The average molecular weight is 716 g/mol. The summed E-state index contributed by atoms with van der Waals surface area (Å²) in [5, 5.41) is 0. The van der Waals surface area contributed by atoms with E-state index in [1.807, 2.05) is 0 Å². The van der Waals surface area contributed by atoms with Crippen molar-refractivity contribution in [1.29, 1.82) is 0 Å². The Morgan fingerprint density at radius 3 is 1.59 bits per heavy atom. The molecule has 0 aromatic heterocycles. The summed E-state index contributed by atoms with van der Waals surface area (Å²) in [6.45, 7) is 4.88. The molecule has 0 aromatic rings. The van der Waals surface area contributed by atoms with Crippen molar-refractivity contribution in [2.75, 3.05) is 33.0 Å². The van der Waals surface area contributed by atoms with Crippen LogP contribution in [0.25, 0.3) is 0 Å². The Morgan fingerprint density at radius 1 is 0.612 bits per heavy atom. The lowest BCUT2D eigenvalue weighted by molar-refractivity contribution is -0.154. The number of ether oxygens (including phenoxy) is 2. The zero-order valence-corrected chi connectivity index (χ0v) is 32.8. The number of rotatable bonds is 39. The minimum absolute atomic E-state index is 0.0944. The first-order valence-corrected chi connectivity index (χ1v) is 21.8. The Morgan fingerprint density at radius 2 is 1.08 bits per heavy atom. The summed E-state index contributed by atoms with van der Waals surface area (Å²) in [5.74, 6) is -0.335. The quantitative estimate of drug-likeness (QED) is 0.0279. The van der Waals surface area contributed by atoms with Gasteiger partial charge in [0, 0.05) is 19.6 Å². The zero-order valence-electron chi connectivity index (χ0n) is 31.9. The molecule has 2 unspecified atom stereocenters. The van der Waals surface area contributed by atoms with Crippen molar-refractivity contribution in [2.45, 2.75) is 193 Å². The van der Waals surface area contributed by atoms with Gasteiger partial charge in [0.2, 0.25) is 0 Å². The maximum Gasteiger partial charge on any atom is 0.472 e. The lowest BCUT2D eigenvalue weighted by Gasteiger charge is -2.20. The number of phosphoric ester groups is 1. The lowest BCUT2D eigenvalue weighted by Crippen LogP contribution is -2.28. The molecule has 0 amide bonds. The molecule has 0 saturated carbocycles. The van der Waals surface area contributed by atoms with Crippen molar-refractivity contribution >= 4 is 13.8 Å². The van der Waals surface area contributed by atoms with Gasteiger partial charge in [-0.1, -0.05) is 160 Å². The Bertz CT molecular complexity index is 807. The van der Waals surface area contributed by atoms with E-state index in [1.54, 1.807) is 0 Å². The van der Waals surface area contributed by atoms with Gasteiger partial charge in [-0.3, -0.25) is 13.8 Å². The summed E-state index contributed by atoms with van der Waals surface area (Å²) in [4.78, 5) is 22.3. The number of carbonyl (C=O) groups is 1. The summed E-state index contributed by atoms with van der Waals surface area (Å²) >= 11 is 0. The van der Waals surface area contributed by atoms with E-state index in [2.05, 4.69) is 38.2 Å². The van der Waals surface area contributed by atoms with Crippen LogP contribution in [0, 0.1) is 0 Å². The van der Waals surface area contributed by atoms with Gasteiger partial charge in [-0.2, -0.15) is 0 Å². The molecule has 2 atom stereocenters. The Balaban J connectivity index is 3.91. The molecule has 0 spiro atoms. The van der Waals surface area contributed by atoms with Gasteiger partial charge < -0.3 is 20.1 Å². The molecule has 0 rings (SSSR count). The molecular formula is C40H78NO7P. The van der Waals surface area contributed by atoms with Gasteiger partial charge in [-0.15, -0.1) is 0 Å². The molecule has 9 heteroatoms. The van der Waals surface area contributed by atoms with Crippen LogP contribution in [0.2, 0.25) is 0 Å². The van der Waals surface area contributed by atoms with Gasteiger partial charge in [0.15, 0.2) is 0 Å². The van der Waals surface area contributed by atoms with E-state index in [-0.39, 0.29) is 32.3 Å². The molecule has 290 valence electrons. The molecule has 49 heavy (non-hydrogen) atoms. The Kier molecular flexibility index (Phi) is 37.4. The number of hydrogen-bond donors (Lipinski definition) is 2. The summed E-state index contributed by atoms with van der Waals surface area (Å²) in [7, 11) is -4.26. The van der Waals surface area contributed by atoms with Crippen LogP contribution in [0.5, 0.6) is 0 Å². The number of carbonyl (C=O) groups excluding carboxylic acids is 1. The van der Waals surface area contributed by atoms with E-state index in [0.29, 0.717) is 13.0 Å². The molecule has 0 saturated heterocycles. The van der Waals surface area contributed by atoms with E-state index in [4.69, 9.17) is 24.3 Å². The number of esters is 1. The highest BCUT2D eigenvalue weighted by molar-refractivity contribution is 7.47. The van der Waals surface area contributed by atoms with E-state index in [9.17, 15) is 14.3 Å². The number of nitrogens with two attached hydrogens (primary N) is 1. The van der Waals surface area contributed by atoms with Gasteiger partial charge in [0.25, 0.3) is 0 Å². The van der Waals surface area contributed by atoms with Gasteiger partial charge >= 0.3 is 13.8 Å². The number of unbranched alkanes of at least 4 members (excludes halogenated alkanes) is 22. The Labute approximate surface area is 302 Å². The zero-order chi connectivity index (χ0) is 35.9. The largest absolute Gasteiger partial charge is 0.472 e. The summed E-state index contributed by atoms with van der Waals surface area (Å²) in [6, 6.07) is 0. The fourth-order valence-corrected chi connectivity index (χ4v) is 6.38. The lowest BCUT2D eigenvalue weighted by atomic mass is 10.1. The number of hydrogen-bond acceptors (Lipinski definition) is 7. The molecule has 0 radical (unpaired) electrons. The summed E-state index contributed by atoms with van der Waals surface area (Å²) in [6.07, 6.45) is 40.6. The Hall–Kier alpha value is -1.02. The van der Waals surface area contributed by atoms with Crippen molar-refractivity contribution in [3.63, 3.8) is 0 Å². The van der Waals surface area contributed by atoms with Gasteiger partial charge in [-0.25, -0.2) is 4.57 Å². The van der Waals surface area contributed by atoms with Crippen LogP contribution in [-0.4, -0.2) is 49.9 Å². The smallest absolute Gasteiger partial charge is 0.457 e. The van der Waals surface area contributed by atoms with Crippen LogP contribution in [0.4, 0.5) is 0 Å². The van der Waals surface area contributed by atoms with Crippen LogP contribution >= 0.6 is 7.82 Å². The predicted octanol–water partition coefficient (Wildman–Crippen LogP) is 11.7. The second-order valence-corrected chi connectivity index (χ2v) is 15.0. The molecule has 0 heterocycles. The maximum atomic E-state index is 12.4. The average Bonchev–Trinajstić information content (AvgIpc) is 3.09. The topological polar surface area (TPSA) is 117 Å². The third-order valence-electron chi connectivity index (χ3n) is 8.62. The minimum Gasteiger partial charge on any atom is -0.457 e. The number of allylic oxidation sites excluding steroid dienone is 4. The van der Waals surface area contributed by atoms with E-state index in [0.717, 1.165) is 38.5 Å². The third kappa shape index (κ3) is 38.1. The maximum absolute atomic E-state index is 12.4. The van der Waals surface area contributed by atoms with E-state index < -0.39 is 13.9 Å². The fraction of sp³-hybridized carbons (Fsp3) is 0.875. The molecule has 0 aliphatic rings. The fourth-order valence-electron chi connectivity index (χ4n) is 5.61. The van der Waals surface area contributed by atoms with Gasteiger partial charge in [0.05, 0.1) is 19.8 Å². The summed E-state index contributed by atoms with van der Waals surface area (Å²) < 4.78 is 33.2. The molecule has 0 aliphatic heterocycles. The van der Waals surface area contributed by atoms with Crippen molar-refractivity contribution in [3.8, 4) is 0 Å². The molecule has 3 N–H and O–H groups in total. The number of phosphoric acid groups is 1. The van der Waals surface area contributed by atoms with Crippen molar-refractivity contribution in [3.05, 3.63) is 24.3 Å². The second kappa shape index (κ2) is 38.2. The standard InChI is InChI=1S/C40H78NO7P/c1-3-5-7-9-11-13-14-15-16-17-18-19-20-21-22-23-24-25-26-28-30-32-35-45-37-39(38-47-49(43,44)46-36-34-41)48-40(42)33-31-29-27-12-10-8-6-4-2/h14-15,17-18,39H,3-13,16,19-38,41H2,1-2H3,(H,43,44)/b15-14-,18-17-. The van der Waals surface area contributed by atoms with Gasteiger partial charge in [-0.05, 0) is 44.9 Å². The van der Waals surface area contributed by atoms with E-state index in [1.165, 1.54) is 128 Å². The molecule has 0 aromatic carbocycles. The monoisotopic (exact) mass is 716 g/mol. The van der Waals surface area contributed by atoms with E-state index >= 15 is 0 Å². The first-order chi connectivity index (χ1) is 23.9. The third-order valence-corrected chi connectivity index (χ3v) is 9.61. The SMILES string of the molecule is CCCCCCC/C=C\C/C=C\CCCCCCCCCCCCOCC(COP(=O)(O)OCCN)OC(=O)CCCCCCCCCC. The highest BCUT2D eigenvalue weighted by Gasteiger charge is 2.25. The molecule has 0 bridgehead atoms. The van der Waals surface area contributed by atoms with Crippen LogP contribution in [0.1, 0.15) is 187 Å². The highest BCUT2D eigenvalue weighted by Crippen LogP contribution is 2.43. The van der Waals surface area contributed by atoms with Crippen molar-refractivity contribution < 1.29 is 32.8 Å². The summed E-state index contributed by atoms with van der Waals surface area (Å²) in [5.41, 5.74) is 5.35. The van der Waals surface area contributed by atoms with Crippen molar-refractivity contribution in [1.82, 2.24) is 0 Å². The first-order valence-electron chi connectivity index (χ1n) is 20.3. The van der Waals surface area contributed by atoms with Crippen LogP contribution in [-0.2, 0) is 27.9 Å². The minimum atomic E-state index is -4.26. The molecule has 0 aliphatic carbocycles. The van der Waals surface area contributed by atoms with Crippen LogP contribution < -0.4 is 5.73 Å². The predicted molar refractivity (Wildman–Crippen MR) is 206 cm³/mol. The van der Waals surface area contributed by atoms with Crippen molar-refractivity contribution in [2.24, 2.45) is 5.73 Å². The second-order valence-electron chi connectivity index (χ2n) is 13.5. The first kappa shape index (κ1) is 48.0. The molecule has 8 nitrogen and oxygen atoms in total.